The molecule has 1 aliphatic heterocycles. The molecule has 4 nitrogen and oxygen atoms in total. The van der Waals surface area contributed by atoms with Crippen LogP contribution in [0.1, 0.15) is 11.1 Å². The van der Waals surface area contributed by atoms with Crippen LogP contribution in [-0.4, -0.2) is 23.3 Å². The van der Waals surface area contributed by atoms with Crippen LogP contribution in [0.25, 0.3) is 5.57 Å². The molecular weight excluding hydrogens is 323 g/mol. The molecule has 0 atom stereocenters. The van der Waals surface area contributed by atoms with Gasteiger partial charge in [-0.3, -0.25) is 10.1 Å². The Bertz CT molecular complexity index is 789. The summed E-state index contributed by atoms with van der Waals surface area (Å²) in [5.41, 5.74) is 2.67. The number of hydrogen-bond donors (Lipinski definition) is 1. The molecule has 0 fully saturated rings. The average Bonchev–Trinajstić information content (AvgIpc) is 2.59. The second-order valence-electron chi connectivity index (χ2n) is 4.87. The Morgan fingerprint density at radius 3 is 2.50 bits per heavy atom. The summed E-state index contributed by atoms with van der Waals surface area (Å²) in [6.07, 6.45) is 1.35. The minimum atomic E-state index is -0.564. The van der Waals surface area contributed by atoms with E-state index in [0.29, 0.717) is 37.5 Å². The van der Waals surface area contributed by atoms with Gasteiger partial charge in [0.25, 0.3) is 0 Å². The standard InChI is InChI=1S/C16H12Cl2N2O2/c1-19-15-7-6-10(17)8-12(15)13(9-20(22)16(19)21)11-4-2-3-5-14(11)18/h2-9,22H,1H3. The molecule has 0 aliphatic carbocycles. The van der Waals surface area contributed by atoms with Crippen LogP contribution in [0.4, 0.5) is 10.5 Å². The molecule has 112 valence electrons. The summed E-state index contributed by atoms with van der Waals surface area (Å²) in [4.78, 5) is 13.5. The van der Waals surface area contributed by atoms with Crippen molar-refractivity contribution in [3.05, 3.63) is 69.8 Å². The normalized spacial score (nSPS) is 14.5. The van der Waals surface area contributed by atoms with Gasteiger partial charge in [-0.2, -0.15) is 5.06 Å². The third-order valence-corrected chi connectivity index (χ3v) is 4.07. The summed E-state index contributed by atoms with van der Waals surface area (Å²) in [7, 11) is 1.58. The predicted molar refractivity (Wildman–Crippen MR) is 87.4 cm³/mol. The van der Waals surface area contributed by atoms with Crippen molar-refractivity contribution in [3.63, 3.8) is 0 Å². The lowest BCUT2D eigenvalue weighted by Gasteiger charge is -2.20. The van der Waals surface area contributed by atoms with E-state index in [4.69, 9.17) is 23.2 Å². The maximum absolute atomic E-state index is 12.1. The number of carbonyl (C=O) groups is 1. The molecule has 1 N–H and O–H groups in total. The Morgan fingerprint density at radius 2 is 1.77 bits per heavy atom. The van der Waals surface area contributed by atoms with Crippen molar-refractivity contribution in [2.45, 2.75) is 0 Å². The smallest absolute Gasteiger partial charge is 0.295 e. The largest absolute Gasteiger partial charge is 0.352 e. The Labute approximate surface area is 137 Å². The van der Waals surface area contributed by atoms with Gasteiger partial charge in [0.2, 0.25) is 0 Å². The Hall–Kier alpha value is -2.01. The van der Waals surface area contributed by atoms with Crippen molar-refractivity contribution < 1.29 is 10.0 Å². The van der Waals surface area contributed by atoms with Crippen LogP contribution in [0.2, 0.25) is 10.0 Å². The molecular formula is C16H12Cl2N2O2. The maximum Gasteiger partial charge on any atom is 0.352 e. The van der Waals surface area contributed by atoms with Gasteiger partial charge in [0.15, 0.2) is 0 Å². The second kappa shape index (κ2) is 5.65. The van der Waals surface area contributed by atoms with Gasteiger partial charge in [-0.05, 0) is 24.3 Å². The fourth-order valence-electron chi connectivity index (χ4n) is 2.41. The third-order valence-electron chi connectivity index (χ3n) is 3.51. The number of urea groups is 1. The number of fused-ring (bicyclic) bond motifs is 1. The van der Waals surface area contributed by atoms with Crippen LogP contribution < -0.4 is 4.90 Å². The zero-order valence-electron chi connectivity index (χ0n) is 11.6. The molecule has 0 bridgehead atoms. The van der Waals surface area contributed by atoms with Crippen LogP contribution in [0.15, 0.2) is 48.7 Å². The van der Waals surface area contributed by atoms with Crippen molar-refractivity contribution in [3.8, 4) is 0 Å². The van der Waals surface area contributed by atoms with E-state index in [1.165, 1.54) is 11.1 Å². The third kappa shape index (κ3) is 2.46. The molecule has 0 saturated carbocycles. The average molecular weight is 335 g/mol. The van der Waals surface area contributed by atoms with Gasteiger partial charge in [-0.1, -0.05) is 41.4 Å². The number of rotatable bonds is 1. The topological polar surface area (TPSA) is 43.8 Å². The molecule has 6 heteroatoms. The van der Waals surface area contributed by atoms with Crippen molar-refractivity contribution in [2.24, 2.45) is 0 Å². The molecule has 0 spiro atoms. The quantitative estimate of drug-likeness (QED) is 0.772. The van der Waals surface area contributed by atoms with E-state index in [9.17, 15) is 10.0 Å². The highest BCUT2D eigenvalue weighted by molar-refractivity contribution is 6.33. The van der Waals surface area contributed by atoms with E-state index < -0.39 is 6.03 Å². The van der Waals surface area contributed by atoms with Crippen LogP contribution in [0.3, 0.4) is 0 Å². The zero-order valence-corrected chi connectivity index (χ0v) is 13.1. The molecule has 2 amide bonds. The molecule has 0 saturated heterocycles. The maximum atomic E-state index is 12.1. The van der Waals surface area contributed by atoms with E-state index in [1.54, 1.807) is 31.3 Å². The van der Waals surface area contributed by atoms with Crippen molar-refractivity contribution in [1.82, 2.24) is 5.06 Å². The fraction of sp³-hybridized carbons (Fsp3) is 0.0625. The van der Waals surface area contributed by atoms with Crippen molar-refractivity contribution in [2.75, 3.05) is 11.9 Å². The highest BCUT2D eigenvalue weighted by Crippen LogP contribution is 2.38. The van der Waals surface area contributed by atoms with E-state index in [-0.39, 0.29) is 0 Å². The molecule has 3 rings (SSSR count). The first-order valence-electron chi connectivity index (χ1n) is 6.51. The number of benzene rings is 2. The highest BCUT2D eigenvalue weighted by atomic mass is 35.5. The first-order chi connectivity index (χ1) is 10.5. The molecule has 0 unspecified atom stereocenters. The Balaban J connectivity index is 2.31. The van der Waals surface area contributed by atoms with Gasteiger partial charge < -0.3 is 0 Å². The fourth-order valence-corrected chi connectivity index (χ4v) is 2.82. The first-order valence-corrected chi connectivity index (χ1v) is 7.27. The summed E-state index contributed by atoms with van der Waals surface area (Å²) in [6, 6.07) is 11.8. The summed E-state index contributed by atoms with van der Waals surface area (Å²) in [5.74, 6) is 0. The van der Waals surface area contributed by atoms with E-state index in [2.05, 4.69) is 0 Å². The monoisotopic (exact) mass is 334 g/mol. The van der Waals surface area contributed by atoms with Crippen LogP contribution in [0, 0.1) is 0 Å². The summed E-state index contributed by atoms with van der Waals surface area (Å²) in [6.45, 7) is 0. The van der Waals surface area contributed by atoms with Crippen molar-refractivity contribution in [1.29, 1.82) is 0 Å². The predicted octanol–water partition coefficient (Wildman–Crippen LogP) is 4.64. The Kier molecular flexibility index (Phi) is 3.83. The second-order valence-corrected chi connectivity index (χ2v) is 5.71. The van der Waals surface area contributed by atoms with Gasteiger partial charge in [0.05, 0.1) is 5.69 Å². The van der Waals surface area contributed by atoms with Crippen molar-refractivity contribution >= 4 is 40.5 Å². The highest BCUT2D eigenvalue weighted by Gasteiger charge is 2.26. The lowest BCUT2D eigenvalue weighted by molar-refractivity contribution is 0.00819. The van der Waals surface area contributed by atoms with Gasteiger partial charge in [0.1, 0.15) is 0 Å². The zero-order chi connectivity index (χ0) is 15.9. The molecule has 2 aromatic rings. The number of nitrogens with zero attached hydrogens (tertiary/aromatic N) is 2. The van der Waals surface area contributed by atoms with Crippen LogP contribution in [0.5, 0.6) is 0 Å². The lowest BCUT2D eigenvalue weighted by atomic mass is 9.97. The summed E-state index contributed by atoms with van der Waals surface area (Å²) >= 11 is 12.4. The van der Waals surface area contributed by atoms with Gasteiger partial charge in [-0.15, -0.1) is 0 Å². The summed E-state index contributed by atoms with van der Waals surface area (Å²) < 4.78 is 0. The minimum Gasteiger partial charge on any atom is -0.295 e. The molecule has 22 heavy (non-hydrogen) atoms. The SMILES string of the molecule is CN1C(=O)N(O)C=C(c2ccccc2Cl)c2cc(Cl)ccc21. The van der Waals surface area contributed by atoms with E-state index in [1.807, 2.05) is 18.2 Å². The number of hydrogen-bond acceptors (Lipinski definition) is 2. The molecule has 0 aromatic heterocycles. The van der Waals surface area contributed by atoms with Gasteiger partial charge in [-0.25, -0.2) is 4.79 Å². The molecule has 2 aromatic carbocycles. The van der Waals surface area contributed by atoms with Gasteiger partial charge >= 0.3 is 6.03 Å². The number of halogens is 2. The van der Waals surface area contributed by atoms with Gasteiger partial charge in [0, 0.05) is 40.0 Å². The number of carbonyl (C=O) groups excluding carboxylic acids is 1. The molecule has 0 radical (unpaired) electrons. The number of hydroxylamine groups is 2. The van der Waals surface area contributed by atoms with Crippen LogP contribution >= 0.6 is 23.2 Å². The summed E-state index contributed by atoms with van der Waals surface area (Å²) in [5, 5.41) is 11.6. The first kappa shape index (κ1) is 14.9. The number of anilines is 1. The number of amides is 2. The lowest BCUT2D eigenvalue weighted by Crippen LogP contribution is -2.35. The van der Waals surface area contributed by atoms with E-state index in [0.717, 1.165) is 0 Å². The molecule has 1 aliphatic rings. The van der Waals surface area contributed by atoms with E-state index >= 15 is 0 Å². The van der Waals surface area contributed by atoms with Crippen LogP contribution in [-0.2, 0) is 0 Å². The molecule has 1 heterocycles. The Morgan fingerprint density at radius 1 is 1.05 bits per heavy atom. The minimum absolute atomic E-state index is 0.519.